The fourth-order valence-electron chi connectivity index (χ4n) is 1.91. The number of rotatable bonds is 6. The zero-order chi connectivity index (χ0) is 11.1. The molecule has 0 aromatic carbocycles. The zero-order valence-electron chi connectivity index (χ0n) is 10.1. The third-order valence-electron chi connectivity index (χ3n) is 2.95. The predicted octanol–water partition coefficient (Wildman–Crippen LogP) is -0.358. The number of hydrogen-bond acceptors (Lipinski definition) is 4. The van der Waals surface area contributed by atoms with Gasteiger partial charge in [0.05, 0.1) is 5.60 Å². The van der Waals surface area contributed by atoms with Crippen molar-refractivity contribution in [2.75, 3.05) is 46.8 Å². The average Bonchev–Trinajstić information content (AvgIpc) is 2.17. The molecule has 1 aliphatic heterocycles. The van der Waals surface area contributed by atoms with Crippen LogP contribution < -0.4 is 10.6 Å². The molecule has 1 heterocycles. The molecule has 90 valence electrons. The Kier molecular flexibility index (Phi) is 5.53. The van der Waals surface area contributed by atoms with Crippen LogP contribution in [-0.2, 0) is 0 Å². The molecule has 4 heteroatoms. The molecule has 0 aliphatic carbocycles. The van der Waals surface area contributed by atoms with Gasteiger partial charge in [-0.3, -0.25) is 0 Å². The summed E-state index contributed by atoms with van der Waals surface area (Å²) in [6.45, 7) is 4.72. The van der Waals surface area contributed by atoms with E-state index in [1.807, 2.05) is 0 Å². The van der Waals surface area contributed by atoms with Gasteiger partial charge < -0.3 is 20.6 Å². The topological polar surface area (TPSA) is 47.5 Å². The summed E-state index contributed by atoms with van der Waals surface area (Å²) in [7, 11) is 4.17. The molecule has 15 heavy (non-hydrogen) atoms. The highest BCUT2D eigenvalue weighted by Gasteiger charge is 2.28. The van der Waals surface area contributed by atoms with Gasteiger partial charge in [0.2, 0.25) is 0 Å². The zero-order valence-corrected chi connectivity index (χ0v) is 10.1. The molecule has 0 amide bonds. The standard InChI is InChI=1S/C11H25N3O/c1-14(2)9-3-6-13-10-11(15)4-7-12-8-5-11/h12-13,15H,3-10H2,1-2H3. The Morgan fingerprint density at radius 1 is 1.33 bits per heavy atom. The normalized spacial score (nSPS) is 20.8. The van der Waals surface area contributed by atoms with E-state index in [-0.39, 0.29) is 0 Å². The first-order valence-electron chi connectivity index (χ1n) is 5.91. The van der Waals surface area contributed by atoms with Gasteiger partial charge in [0.1, 0.15) is 0 Å². The fourth-order valence-corrected chi connectivity index (χ4v) is 1.91. The van der Waals surface area contributed by atoms with E-state index in [1.165, 1.54) is 0 Å². The van der Waals surface area contributed by atoms with Crippen LogP contribution in [0.1, 0.15) is 19.3 Å². The van der Waals surface area contributed by atoms with Crippen molar-refractivity contribution in [2.45, 2.75) is 24.9 Å². The molecule has 0 aromatic heterocycles. The number of nitrogens with one attached hydrogen (secondary N) is 2. The van der Waals surface area contributed by atoms with Crippen LogP contribution >= 0.6 is 0 Å². The molecule has 1 fully saturated rings. The van der Waals surface area contributed by atoms with Crippen molar-refractivity contribution >= 4 is 0 Å². The molecule has 1 rings (SSSR count). The fraction of sp³-hybridized carbons (Fsp3) is 1.00. The van der Waals surface area contributed by atoms with Crippen molar-refractivity contribution in [1.82, 2.24) is 15.5 Å². The first-order valence-corrected chi connectivity index (χ1v) is 5.91. The second-order valence-corrected chi connectivity index (χ2v) is 4.81. The Hall–Kier alpha value is -0.160. The molecule has 0 saturated carbocycles. The van der Waals surface area contributed by atoms with Crippen LogP contribution in [0.25, 0.3) is 0 Å². The Bertz CT molecular complexity index is 167. The number of hydrogen-bond donors (Lipinski definition) is 3. The highest BCUT2D eigenvalue weighted by atomic mass is 16.3. The lowest BCUT2D eigenvalue weighted by Gasteiger charge is -2.32. The summed E-state index contributed by atoms with van der Waals surface area (Å²) in [5, 5.41) is 16.8. The maximum absolute atomic E-state index is 10.2. The molecule has 0 unspecified atom stereocenters. The number of nitrogens with zero attached hydrogens (tertiary/aromatic N) is 1. The van der Waals surface area contributed by atoms with E-state index < -0.39 is 5.60 Å². The van der Waals surface area contributed by atoms with E-state index in [4.69, 9.17) is 0 Å². The van der Waals surface area contributed by atoms with Crippen molar-refractivity contribution in [3.8, 4) is 0 Å². The summed E-state index contributed by atoms with van der Waals surface area (Å²) in [5.41, 5.74) is -0.469. The summed E-state index contributed by atoms with van der Waals surface area (Å²) in [5.74, 6) is 0. The van der Waals surface area contributed by atoms with Gasteiger partial charge >= 0.3 is 0 Å². The van der Waals surface area contributed by atoms with E-state index in [9.17, 15) is 5.11 Å². The van der Waals surface area contributed by atoms with E-state index in [0.717, 1.165) is 52.0 Å². The summed E-state index contributed by atoms with van der Waals surface area (Å²) < 4.78 is 0. The van der Waals surface area contributed by atoms with Crippen molar-refractivity contribution < 1.29 is 5.11 Å². The highest BCUT2D eigenvalue weighted by molar-refractivity contribution is 4.86. The minimum absolute atomic E-state index is 0.469. The van der Waals surface area contributed by atoms with Crippen molar-refractivity contribution in [1.29, 1.82) is 0 Å². The van der Waals surface area contributed by atoms with Crippen molar-refractivity contribution in [3.63, 3.8) is 0 Å². The molecule has 3 N–H and O–H groups in total. The summed E-state index contributed by atoms with van der Waals surface area (Å²) in [4.78, 5) is 2.18. The number of piperidine rings is 1. The summed E-state index contributed by atoms with van der Waals surface area (Å²) in [6.07, 6.45) is 2.88. The second kappa shape index (κ2) is 6.43. The van der Waals surface area contributed by atoms with Crippen LogP contribution in [0, 0.1) is 0 Å². The van der Waals surface area contributed by atoms with Crippen molar-refractivity contribution in [2.24, 2.45) is 0 Å². The second-order valence-electron chi connectivity index (χ2n) is 4.81. The molecule has 0 radical (unpaired) electrons. The van der Waals surface area contributed by atoms with Crippen LogP contribution in [0.5, 0.6) is 0 Å². The lowest BCUT2D eigenvalue weighted by atomic mass is 9.92. The van der Waals surface area contributed by atoms with Gasteiger partial charge in [0.25, 0.3) is 0 Å². The van der Waals surface area contributed by atoms with Gasteiger partial charge in [-0.05, 0) is 59.5 Å². The lowest BCUT2D eigenvalue weighted by molar-refractivity contribution is 0.0112. The Morgan fingerprint density at radius 2 is 2.00 bits per heavy atom. The molecule has 0 aromatic rings. The van der Waals surface area contributed by atoms with Gasteiger partial charge in [0, 0.05) is 6.54 Å². The van der Waals surface area contributed by atoms with Gasteiger partial charge in [-0.1, -0.05) is 0 Å². The molecule has 1 aliphatic rings. The van der Waals surface area contributed by atoms with Crippen LogP contribution in [0.3, 0.4) is 0 Å². The predicted molar refractivity (Wildman–Crippen MR) is 63.1 cm³/mol. The lowest BCUT2D eigenvalue weighted by Crippen LogP contribution is -2.48. The van der Waals surface area contributed by atoms with Gasteiger partial charge in [0.15, 0.2) is 0 Å². The Morgan fingerprint density at radius 3 is 2.60 bits per heavy atom. The van der Waals surface area contributed by atoms with Crippen LogP contribution in [0.2, 0.25) is 0 Å². The molecular formula is C11H25N3O. The maximum Gasteiger partial charge on any atom is 0.0795 e. The molecule has 0 atom stereocenters. The molecule has 0 spiro atoms. The molecular weight excluding hydrogens is 190 g/mol. The largest absolute Gasteiger partial charge is 0.388 e. The van der Waals surface area contributed by atoms with Gasteiger partial charge in [-0.25, -0.2) is 0 Å². The maximum atomic E-state index is 10.2. The molecule has 0 bridgehead atoms. The van der Waals surface area contributed by atoms with Crippen LogP contribution in [0.15, 0.2) is 0 Å². The van der Waals surface area contributed by atoms with E-state index in [1.54, 1.807) is 0 Å². The first kappa shape index (κ1) is 12.9. The minimum Gasteiger partial charge on any atom is -0.388 e. The van der Waals surface area contributed by atoms with Crippen LogP contribution in [-0.4, -0.2) is 62.4 Å². The average molecular weight is 215 g/mol. The van der Waals surface area contributed by atoms with Crippen molar-refractivity contribution in [3.05, 3.63) is 0 Å². The van der Waals surface area contributed by atoms with E-state index in [0.29, 0.717) is 0 Å². The molecule has 4 nitrogen and oxygen atoms in total. The SMILES string of the molecule is CN(C)CCCNCC1(O)CCNCC1. The third-order valence-corrected chi connectivity index (χ3v) is 2.95. The highest BCUT2D eigenvalue weighted by Crippen LogP contribution is 2.16. The number of aliphatic hydroxyl groups is 1. The Labute approximate surface area is 93.0 Å². The summed E-state index contributed by atoms with van der Waals surface area (Å²) in [6, 6.07) is 0. The Balaban J connectivity index is 2.03. The smallest absolute Gasteiger partial charge is 0.0795 e. The quantitative estimate of drug-likeness (QED) is 0.530. The van der Waals surface area contributed by atoms with Gasteiger partial charge in [-0.2, -0.15) is 0 Å². The van der Waals surface area contributed by atoms with E-state index >= 15 is 0 Å². The monoisotopic (exact) mass is 215 g/mol. The molecule has 1 saturated heterocycles. The minimum atomic E-state index is -0.469. The van der Waals surface area contributed by atoms with Crippen LogP contribution in [0.4, 0.5) is 0 Å². The van der Waals surface area contributed by atoms with Gasteiger partial charge in [-0.15, -0.1) is 0 Å². The summed E-state index contributed by atoms with van der Waals surface area (Å²) >= 11 is 0. The first-order chi connectivity index (χ1) is 7.12. The van der Waals surface area contributed by atoms with E-state index in [2.05, 4.69) is 29.6 Å². The third kappa shape index (κ3) is 5.47.